The first-order valence-electron chi connectivity index (χ1n) is 12.4. The third-order valence-corrected chi connectivity index (χ3v) is 9.24. The van der Waals surface area contributed by atoms with Crippen LogP contribution in [0.2, 0.25) is 0 Å². The standard InChI is InChI=1S/C29H25N3O6S2/c1-5-38-28(34)18-6-10-19(11-7-18)30-26-24-22-16-21(37-4)14-15-23(22)31(29(2,3)25(24)39-40-26)27(33)17-8-12-20(13-9-17)32(35)36/h6-16H,5H2,1-4H3. The van der Waals surface area contributed by atoms with Gasteiger partial charge < -0.3 is 9.47 Å². The van der Waals surface area contributed by atoms with Crippen molar-refractivity contribution in [3.05, 3.63) is 97.5 Å². The van der Waals surface area contributed by atoms with E-state index in [0.29, 0.717) is 34.9 Å². The van der Waals surface area contributed by atoms with Gasteiger partial charge >= 0.3 is 5.97 Å². The topological polar surface area (TPSA) is 111 Å². The molecule has 0 spiro atoms. The van der Waals surface area contributed by atoms with E-state index in [2.05, 4.69) is 0 Å². The van der Waals surface area contributed by atoms with Crippen LogP contribution in [-0.4, -0.2) is 30.5 Å². The second kappa shape index (κ2) is 10.7. The zero-order valence-corrected chi connectivity index (χ0v) is 23.8. The Morgan fingerprint density at radius 2 is 1.68 bits per heavy atom. The molecule has 0 N–H and O–H groups in total. The Kier molecular flexibility index (Phi) is 7.26. The minimum absolute atomic E-state index is 0.0801. The predicted molar refractivity (Wildman–Crippen MR) is 155 cm³/mol. The van der Waals surface area contributed by atoms with Gasteiger partial charge in [-0.3, -0.25) is 19.8 Å². The average Bonchev–Trinajstić information content (AvgIpc) is 3.38. The van der Waals surface area contributed by atoms with Crippen molar-refractivity contribution in [1.82, 2.24) is 0 Å². The van der Waals surface area contributed by atoms with E-state index in [-0.39, 0.29) is 17.6 Å². The Hall–Kier alpha value is -4.35. The van der Waals surface area contributed by atoms with Crippen LogP contribution in [0.3, 0.4) is 0 Å². The summed E-state index contributed by atoms with van der Waals surface area (Å²) in [5, 5.41) is 11.1. The molecule has 0 fully saturated rings. The van der Waals surface area contributed by atoms with Crippen LogP contribution >= 0.6 is 20.7 Å². The number of nitro benzene ring substituents is 1. The van der Waals surface area contributed by atoms with Crippen LogP contribution in [0.5, 0.6) is 5.75 Å². The number of methoxy groups -OCH3 is 1. The molecule has 0 saturated heterocycles. The number of fused-ring (bicyclic) bond motifs is 3. The lowest BCUT2D eigenvalue weighted by molar-refractivity contribution is -0.384. The lowest BCUT2D eigenvalue weighted by atomic mass is 9.86. The maximum atomic E-state index is 13.9. The molecular weight excluding hydrogens is 550 g/mol. The molecule has 1 amide bonds. The minimum Gasteiger partial charge on any atom is -0.497 e. The highest BCUT2D eigenvalue weighted by Crippen LogP contribution is 2.50. The first-order chi connectivity index (χ1) is 19.1. The van der Waals surface area contributed by atoms with Gasteiger partial charge in [-0.1, -0.05) is 20.7 Å². The molecule has 0 atom stereocenters. The molecule has 4 aromatic rings. The number of nitrogens with zero attached hydrogens (tertiary/aromatic N) is 3. The lowest BCUT2D eigenvalue weighted by Crippen LogP contribution is -2.48. The summed E-state index contributed by atoms with van der Waals surface area (Å²) in [5.74, 6) is -0.0261. The largest absolute Gasteiger partial charge is 0.497 e. The summed E-state index contributed by atoms with van der Waals surface area (Å²) in [6.45, 7) is 6.01. The lowest BCUT2D eigenvalue weighted by Gasteiger charge is -2.43. The Labute approximate surface area is 237 Å². The molecule has 11 heteroatoms. The third-order valence-electron chi connectivity index (χ3n) is 6.61. The summed E-state index contributed by atoms with van der Waals surface area (Å²) in [6.07, 6.45) is 0. The van der Waals surface area contributed by atoms with E-state index in [1.54, 1.807) is 59.6 Å². The first-order valence-corrected chi connectivity index (χ1v) is 14.5. The van der Waals surface area contributed by atoms with Crippen molar-refractivity contribution in [3.63, 3.8) is 0 Å². The van der Waals surface area contributed by atoms with Crippen LogP contribution < -0.4 is 14.3 Å². The number of anilines is 1. The molecule has 0 saturated carbocycles. The molecular formula is C29H25N3O6S2. The fourth-order valence-corrected chi connectivity index (χ4v) is 7.60. The highest BCUT2D eigenvalue weighted by Gasteiger charge is 2.43. The van der Waals surface area contributed by atoms with Crippen LogP contribution in [0.4, 0.5) is 17.1 Å². The predicted octanol–water partition coefficient (Wildman–Crippen LogP) is 6.70. The maximum Gasteiger partial charge on any atom is 0.338 e. The number of ether oxygens (including phenoxy) is 2. The summed E-state index contributed by atoms with van der Waals surface area (Å²) >= 11 is 0. The van der Waals surface area contributed by atoms with Crippen molar-refractivity contribution >= 4 is 49.6 Å². The zero-order chi connectivity index (χ0) is 28.6. The number of non-ortho nitro benzene ring substituents is 1. The number of benzene rings is 3. The molecule has 0 unspecified atom stereocenters. The number of nitro groups is 1. The van der Waals surface area contributed by atoms with Gasteiger partial charge in [0, 0.05) is 28.8 Å². The van der Waals surface area contributed by atoms with E-state index in [0.717, 1.165) is 20.7 Å². The van der Waals surface area contributed by atoms with Crippen LogP contribution in [0.25, 0.3) is 11.1 Å². The molecule has 0 radical (unpaired) electrons. The van der Waals surface area contributed by atoms with Gasteiger partial charge in [0.1, 0.15) is 10.4 Å². The van der Waals surface area contributed by atoms with Crippen molar-refractivity contribution in [2.45, 2.75) is 26.3 Å². The molecule has 2 heterocycles. The monoisotopic (exact) mass is 575 g/mol. The van der Waals surface area contributed by atoms with E-state index >= 15 is 0 Å². The second-order valence-corrected chi connectivity index (χ2v) is 11.6. The van der Waals surface area contributed by atoms with Crippen LogP contribution in [0.1, 0.15) is 46.4 Å². The molecule has 40 heavy (non-hydrogen) atoms. The smallest absolute Gasteiger partial charge is 0.338 e. The van der Waals surface area contributed by atoms with Crippen molar-refractivity contribution < 1.29 is 24.0 Å². The second-order valence-electron chi connectivity index (χ2n) is 9.44. The molecule has 9 nitrogen and oxygen atoms in total. The van der Waals surface area contributed by atoms with Crippen LogP contribution in [0, 0.1) is 10.1 Å². The molecule has 5 rings (SSSR count). The Morgan fingerprint density at radius 1 is 1.00 bits per heavy atom. The molecule has 204 valence electrons. The number of carbonyl (C=O) groups is 2. The quantitative estimate of drug-likeness (QED) is 0.109. The van der Waals surface area contributed by atoms with Gasteiger partial charge in [0.2, 0.25) is 0 Å². The van der Waals surface area contributed by atoms with E-state index < -0.39 is 10.5 Å². The SMILES string of the molecule is CCOC(=O)c1ccc(N=c2ssc3c2-c2cc(OC)ccc2N(C(=O)c2ccc([N+](=O)[O-])cc2)C3(C)C)cc1. The summed E-state index contributed by atoms with van der Waals surface area (Å²) in [4.78, 5) is 44.2. The van der Waals surface area contributed by atoms with Gasteiger partial charge in [0.15, 0.2) is 0 Å². The van der Waals surface area contributed by atoms with E-state index in [1.807, 2.05) is 26.0 Å². The fraction of sp³-hybridized carbons (Fsp3) is 0.207. The average molecular weight is 576 g/mol. The van der Waals surface area contributed by atoms with E-state index in [4.69, 9.17) is 14.5 Å². The number of rotatable bonds is 6. The molecule has 0 aliphatic carbocycles. The maximum absolute atomic E-state index is 13.9. The molecule has 0 bridgehead atoms. The highest BCUT2D eigenvalue weighted by molar-refractivity contribution is 7.68. The summed E-state index contributed by atoms with van der Waals surface area (Å²) in [5.41, 5.74) is 3.03. The summed E-state index contributed by atoms with van der Waals surface area (Å²) < 4.78 is 11.4. The van der Waals surface area contributed by atoms with Crippen molar-refractivity contribution in [3.8, 4) is 16.9 Å². The highest BCUT2D eigenvalue weighted by atomic mass is 32.9. The number of amides is 1. The third kappa shape index (κ3) is 4.78. The van der Waals surface area contributed by atoms with Gasteiger partial charge in [-0.2, -0.15) is 0 Å². The Morgan fingerprint density at radius 3 is 2.30 bits per heavy atom. The minimum atomic E-state index is -0.752. The van der Waals surface area contributed by atoms with Gasteiger partial charge in [-0.05, 0) is 75.4 Å². The number of hydrogen-bond donors (Lipinski definition) is 0. The first kappa shape index (κ1) is 27.2. The Balaban J connectivity index is 1.63. The van der Waals surface area contributed by atoms with Crippen LogP contribution in [-0.2, 0) is 10.3 Å². The van der Waals surface area contributed by atoms with Gasteiger partial charge in [-0.25, -0.2) is 9.79 Å². The number of carbonyl (C=O) groups excluding carboxylic acids is 2. The molecule has 1 aliphatic heterocycles. The van der Waals surface area contributed by atoms with Gasteiger partial charge in [0.05, 0.1) is 46.0 Å². The number of hydrogen-bond acceptors (Lipinski definition) is 9. The van der Waals surface area contributed by atoms with Gasteiger partial charge in [0.25, 0.3) is 11.6 Å². The van der Waals surface area contributed by atoms with E-state index in [1.165, 1.54) is 34.6 Å². The molecule has 3 aromatic carbocycles. The Bertz CT molecular complexity index is 1690. The van der Waals surface area contributed by atoms with E-state index in [9.17, 15) is 19.7 Å². The molecule has 1 aromatic heterocycles. The van der Waals surface area contributed by atoms with Crippen LogP contribution in [0.15, 0.2) is 71.7 Å². The normalized spacial score (nSPS) is 13.8. The summed E-state index contributed by atoms with van der Waals surface area (Å²) in [7, 11) is 4.63. The van der Waals surface area contributed by atoms with Crippen molar-refractivity contribution in [1.29, 1.82) is 0 Å². The van der Waals surface area contributed by atoms with Crippen molar-refractivity contribution in [2.75, 3.05) is 18.6 Å². The van der Waals surface area contributed by atoms with Gasteiger partial charge in [-0.15, -0.1) is 0 Å². The zero-order valence-electron chi connectivity index (χ0n) is 22.2. The number of esters is 1. The van der Waals surface area contributed by atoms with Crippen molar-refractivity contribution in [2.24, 2.45) is 4.99 Å². The molecule has 1 aliphatic rings. The fourth-order valence-electron chi connectivity index (χ4n) is 4.64. The summed E-state index contributed by atoms with van der Waals surface area (Å²) in [6, 6.07) is 18.1.